The number of H-pyrrole nitrogens is 2. The number of aromatic nitrogens is 5. The maximum atomic E-state index is 17.4. The maximum Gasteiger partial charge on any atom is 0.200 e. The van der Waals surface area contributed by atoms with Gasteiger partial charge in [0, 0.05) is 80.2 Å². The van der Waals surface area contributed by atoms with Crippen molar-refractivity contribution in [3.05, 3.63) is 314 Å². The van der Waals surface area contributed by atoms with E-state index in [4.69, 9.17) is 0 Å². The monoisotopic (exact) mass is 1580 g/mol. The van der Waals surface area contributed by atoms with Gasteiger partial charge in [-0.25, -0.2) is 142 Å². The van der Waals surface area contributed by atoms with Crippen molar-refractivity contribution in [1.82, 2.24) is 28.7 Å². The smallest absolute Gasteiger partial charge is 0.200 e. The molecule has 9 heterocycles. The number of nitrogens with zero attached hydrogens (tertiary/aromatic N) is 5. The Morgan fingerprint density at radius 1 is 0.315 bits per heavy atom. The minimum Gasteiger partial charge on any atom is -0.376 e. The van der Waals surface area contributed by atoms with E-state index in [1.165, 1.54) is 18.7 Å². The lowest BCUT2D eigenvalue weighted by atomic mass is 9.98. The number of hydrogen-bond acceptors (Lipinski definition) is 3. The summed E-state index contributed by atoms with van der Waals surface area (Å²) in [5.74, 6) is -86.2. The summed E-state index contributed by atoms with van der Waals surface area (Å²) in [5, 5.41) is -5.95. The van der Waals surface area contributed by atoms with E-state index >= 15 is 132 Å². The molecule has 111 heavy (non-hydrogen) atoms. The largest absolute Gasteiger partial charge is 0.376 e. The molecule has 13 aromatic rings. The van der Waals surface area contributed by atoms with Crippen LogP contribution in [0.3, 0.4) is 0 Å². The predicted molar refractivity (Wildman–Crippen MR) is 332 cm³/mol. The zero-order valence-electron chi connectivity index (χ0n) is 54.0. The van der Waals surface area contributed by atoms with Gasteiger partial charge in [-0.1, -0.05) is 0 Å². The number of aromatic amines is 2. The molecule has 0 radical (unpaired) electrons. The van der Waals surface area contributed by atoms with E-state index < -0.39 is 324 Å². The predicted octanol–water partition coefficient (Wildman–Crippen LogP) is 17.6. The Morgan fingerprint density at radius 3 is 1.09 bits per heavy atom. The molecule has 2 aliphatic heterocycles. The molecule has 2 N–H and O–H groups in total. The van der Waals surface area contributed by atoms with E-state index in [1.807, 2.05) is 0 Å². The molecule has 0 unspecified atom stereocenters. The minimum absolute atomic E-state index is 0.335. The highest BCUT2D eigenvalue weighted by Crippen LogP contribution is 2.46. The summed E-state index contributed by atoms with van der Waals surface area (Å²) in [4.78, 5) is 13.8. The van der Waals surface area contributed by atoms with Crippen molar-refractivity contribution in [1.29, 1.82) is 0 Å². The third-order valence-electron chi connectivity index (χ3n) is 18.6. The van der Waals surface area contributed by atoms with Crippen LogP contribution in [0.4, 0.5) is 132 Å². The number of allylic oxidation sites excluding steroid dienone is 2. The first-order valence-corrected chi connectivity index (χ1v) is 31.2. The summed E-state index contributed by atoms with van der Waals surface area (Å²) in [6, 6.07) is 4.89. The summed E-state index contributed by atoms with van der Waals surface area (Å²) in [6.07, 6.45) is 1.66. The molecule has 7 nitrogen and oxygen atoms in total. The number of halogens is 30. The Bertz CT molecular complexity index is 6700. The van der Waals surface area contributed by atoms with Crippen molar-refractivity contribution in [3.8, 4) is 22.3 Å². The molecular weight excluding hydrogens is 1560 g/mol. The van der Waals surface area contributed by atoms with Gasteiger partial charge < -0.3 is 23.7 Å². The lowest BCUT2D eigenvalue weighted by molar-refractivity contribution is 0.376. The Morgan fingerprint density at radius 2 is 0.658 bits per heavy atom. The molecule has 10 bridgehead atoms. The molecule has 6 aromatic carbocycles. The van der Waals surface area contributed by atoms with Gasteiger partial charge in [0.15, 0.2) is 140 Å². The first-order chi connectivity index (χ1) is 52.5. The highest BCUT2D eigenvalue weighted by molar-refractivity contribution is 6.30. The SMILES string of the molecule is CCN(/C=c1\c2cc3cc4nc3c(-c3c(F)c(F)c(F)c(F)c3F)c3ccc(c(-c5c(F)c(F)c(F)c(F)c5F)c5ccc(n15)C(c1c(F)c(F)c(F)c(F)c1F)=c1ccc([nH]1)=C(c1c(F)c(F)c(F)c(F)c1F)C1=NC(=C(c5c(F)c(F)c(F)c(F)c5F)c5ccc([nH]5)C=4c4c(F)c(F)c(F)c(F)c4F)C=C1)n32)CC. The molecule has 15 rings (SSSR count). The van der Waals surface area contributed by atoms with Gasteiger partial charge in [0.1, 0.15) is 0 Å². The van der Waals surface area contributed by atoms with Crippen LogP contribution < -0.4 is 21.4 Å². The summed E-state index contributed by atoms with van der Waals surface area (Å²) < 4.78 is 490. The fourth-order valence-corrected chi connectivity index (χ4v) is 13.6. The quantitative estimate of drug-likeness (QED) is 0.0859. The van der Waals surface area contributed by atoms with Crippen LogP contribution in [-0.4, -0.2) is 47.5 Å². The number of benzene rings is 6. The lowest BCUT2D eigenvalue weighted by Gasteiger charge is -2.17. The molecule has 0 atom stereocenters. The van der Waals surface area contributed by atoms with Gasteiger partial charge in [-0.15, -0.1) is 0 Å². The third-order valence-corrected chi connectivity index (χ3v) is 18.6. The third kappa shape index (κ3) is 10.4. The number of hydrogen-bond donors (Lipinski definition) is 2. The van der Waals surface area contributed by atoms with Crippen molar-refractivity contribution >= 4 is 67.2 Å². The van der Waals surface area contributed by atoms with Gasteiger partial charge in [-0.2, -0.15) is 0 Å². The number of aliphatic imine (C=N–C) groups is 1. The van der Waals surface area contributed by atoms with Gasteiger partial charge in [0.05, 0.1) is 88.8 Å². The normalized spacial score (nSPS) is 13.5. The molecule has 0 spiro atoms. The van der Waals surface area contributed by atoms with Crippen LogP contribution in [0.5, 0.6) is 0 Å². The second-order valence-electron chi connectivity index (χ2n) is 24.3. The number of fused-ring (bicyclic) bond motifs is 6. The van der Waals surface area contributed by atoms with E-state index in [-0.39, 0.29) is 13.1 Å². The second-order valence-corrected chi connectivity index (χ2v) is 24.3. The first-order valence-electron chi connectivity index (χ1n) is 31.2. The van der Waals surface area contributed by atoms with E-state index in [0.29, 0.717) is 81.6 Å². The van der Waals surface area contributed by atoms with Gasteiger partial charge in [-0.05, 0) is 86.7 Å². The summed E-state index contributed by atoms with van der Waals surface area (Å²) in [7, 11) is 0. The molecule has 0 fully saturated rings. The van der Waals surface area contributed by atoms with Crippen molar-refractivity contribution in [2.24, 2.45) is 4.99 Å². The van der Waals surface area contributed by atoms with Crippen LogP contribution in [0.1, 0.15) is 53.2 Å². The van der Waals surface area contributed by atoms with E-state index in [9.17, 15) is 0 Å². The fourth-order valence-electron chi connectivity index (χ4n) is 13.6. The molecule has 566 valence electrons. The van der Waals surface area contributed by atoms with Gasteiger partial charge in [0.25, 0.3) is 0 Å². The maximum absolute atomic E-state index is 17.4. The van der Waals surface area contributed by atoms with Crippen LogP contribution in [-0.2, 0) is 0 Å². The molecule has 37 heteroatoms. The fraction of sp³-hybridized carbons (Fsp3) is 0.0541. The van der Waals surface area contributed by atoms with Crippen molar-refractivity contribution < 1.29 is 132 Å². The van der Waals surface area contributed by atoms with Crippen LogP contribution in [0.15, 0.2) is 83.5 Å². The zero-order chi connectivity index (χ0) is 80.1. The van der Waals surface area contributed by atoms with Crippen LogP contribution in [0.25, 0.3) is 83.7 Å². The number of nitrogens with one attached hydrogen (secondary N) is 2. The molecule has 0 saturated heterocycles. The average Bonchev–Trinajstić information content (AvgIpc) is 1.54. The standard InChI is InChI=1S/C74H25F30N7/c1-3-109(4-2)17-31-30-16-18-15-25-34(40-48(79)60(91)70(101)61(92)49(40)80)23-8-7-21(106-23)32(38-44(75)56(87)68(99)57(88)45(38)76)19-5-6-20(105-19)33(39-46(77)58(89)69(100)59(90)47(39)78)22-9-10-24(107-22)35(41-50(81)62(93)71(102)63(94)51(41)82)26-11-12-28(111(26)31)36(42-52(83)64(95)72(103)65(96)53(42)84)27-13-14-29(110(27)30)37(74(18)108-25)43-54(85)66(97)73(104)67(98)55(43)86/h5-17,106-107H,3-4H2,1-2H3/b31-17+,32-19?,32-21?,33-20?,33-22?,34-23?,34-25?,35-24?,35-26?. The summed E-state index contributed by atoms with van der Waals surface area (Å²) >= 11 is 0. The minimum atomic E-state index is -2.95. The van der Waals surface area contributed by atoms with E-state index in [2.05, 4.69) is 19.9 Å². The highest BCUT2D eigenvalue weighted by Gasteiger charge is 2.40. The topological polar surface area (TPSA) is 68.9 Å². The lowest BCUT2D eigenvalue weighted by Crippen LogP contribution is -2.26. The average molecular weight is 1580 g/mol. The Balaban J connectivity index is 1.33. The van der Waals surface area contributed by atoms with E-state index in [1.54, 1.807) is 0 Å². The first kappa shape index (κ1) is 73.9. The molecule has 2 aliphatic rings. The highest BCUT2D eigenvalue weighted by atomic mass is 19.2. The van der Waals surface area contributed by atoms with Crippen LogP contribution >= 0.6 is 0 Å². The molecule has 0 aliphatic carbocycles. The van der Waals surface area contributed by atoms with Crippen molar-refractivity contribution in [2.75, 3.05) is 13.1 Å². The molecular formula is C74H25F30N7. The van der Waals surface area contributed by atoms with Crippen molar-refractivity contribution in [2.45, 2.75) is 13.8 Å². The van der Waals surface area contributed by atoms with E-state index in [0.717, 1.165) is 6.20 Å². The summed E-state index contributed by atoms with van der Waals surface area (Å²) in [5.41, 5.74) is -34.9. The van der Waals surface area contributed by atoms with Crippen molar-refractivity contribution in [3.63, 3.8) is 0 Å². The molecule has 0 amide bonds. The molecule has 0 saturated carbocycles. The molecule has 7 aromatic heterocycles. The van der Waals surface area contributed by atoms with Gasteiger partial charge >= 0.3 is 0 Å². The Kier molecular flexibility index (Phi) is 17.3. The van der Waals surface area contributed by atoms with Crippen LogP contribution in [0, 0.1) is 175 Å². The van der Waals surface area contributed by atoms with Crippen LogP contribution in [0.2, 0.25) is 0 Å². The van der Waals surface area contributed by atoms with Gasteiger partial charge in [0.2, 0.25) is 34.9 Å². The summed E-state index contributed by atoms with van der Waals surface area (Å²) in [6.45, 7) is 2.01. The zero-order valence-corrected chi connectivity index (χ0v) is 54.0. The second kappa shape index (κ2) is 26.1. The van der Waals surface area contributed by atoms with Gasteiger partial charge in [-0.3, -0.25) is 0 Å². The Labute approximate surface area is 593 Å². The number of rotatable bonds is 9. The Hall–Kier alpha value is -12.6.